The summed E-state index contributed by atoms with van der Waals surface area (Å²) in [6, 6.07) is 25.3. The molecule has 1 N–H and O–H groups in total. The second kappa shape index (κ2) is 12.8. The minimum atomic E-state index is -0.881. The number of rotatable bonds is 10. The summed E-state index contributed by atoms with van der Waals surface area (Å²) in [6.07, 6.45) is 0. The van der Waals surface area contributed by atoms with E-state index in [2.05, 4.69) is 24.3 Å². The van der Waals surface area contributed by atoms with Gasteiger partial charge in [0.05, 0.1) is 19.8 Å². The third kappa shape index (κ3) is 7.51. The molecule has 3 rings (SSSR count). The van der Waals surface area contributed by atoms with E-state index in [1.54, 1.807) is 6.07 Å². The zero-order valence-corrected chi connectivity index (χ0v) is 20.0. The van der Waals surface area contributed by atoms with E-state index in [1.165, 1.54) is 0 Å². The van der Waals surface area contributed by atoms with Crippen LogP contribution in [-0.4, -0.2) is 42.2 Å². The maximum absolute atomic E-state index is 11.5. The van der Waals surface area contributed by atoms with Gasteiger partial charge in [-0.15, -0.1) is 12.4 Å². The molecule has 3 aromatic carbocycles. The van der Waals surface area contributed by atoms with E-state index in [9.17, 15) is 9.90 Å². The molecule has 170 valence electrons. The van der Waals surface area contributed by atoms with Crippen LogP contribution in [0.3, 0.4) is 0 Å². The molecule has 3 aromatic rings. The quantitative estimate of drug-likeness (QED) is 0.367. The van der Waals surface area contributed by atoms with Crippen molar-refractivity contribution in [2.75, 3.05) is 20.2 Å². The first-order valence-corrected chi connectivity index (χ1v) is 10.7. The molecule has 0 aliphatic heterocycles. The van der Waals surface area contributed by atoms with Crippen LogP contribution in [0, 0.1) is 0 Å². The van der Waals surface area contributed by atoms with Crippen LogP contribution in [0.2, 0.25) is 10.0 Å². The van der Waals surface area contributed by atoms with E-state index in [0.29, 0.717) is 23.3 Å². The number of nitrogens with zero attached hydrogens (tertiary/aromatic N) is 1. The molecule has 0 radical (unpaired) electrons. The summed E-state index contributed by atoms with van der Waals surface area (Å²) in [5.74, 6) is -0.941. The number of hydrogen-bond acceptors (Lipinski definition) is 3. The average molecular weight is 495 g/mol. The Morgan fingerprint density at radius 2 is 1.44 bits per heavy atom. The first-order valence-electron chi connectivity index (χ1n) is 9.98. The second-order valence-electron chi connectivity index (χ2n) is 7.47. The lowest BCUT2D eigenvalue weighted by molar-refractivity contribution is -0.138. The number of likely N-dealkylation sites (N-methyl/N-ethyl adjacent to an activating group) is 1. The topological polar surface area (TPSA) is 49.8 Å². The number of ether oxygens (including phenoxy) is 1. The predicted molar refractivity (Wildman–Crippen MR) is 132 cm³/mol. The highest BCUT2D eigenvalue weighted by atomic mass is 35.5. The normalized spacial score (nSPS) is 11.9. The van der Waals surface area contributed by atoms with Crippen molar-refractivity contribution in [3.8, 4) is 0 Å². The highest BCUT2D eigenvalue weighted by molar-refractivity contribution is 6.34. The standard InChI is InChI=1S/C25H25Cl2NO3.ClH/c1-28(15-24(29)30)23(17-31-16-18-12-21(26)14-22(27)13-18)25(19-8-4-2-5-9-19)20-10-6-3-7-11-20;/h2-14,23,25H,15-17H2,1H3,(H,29,30);1H. The van der Waals surface area contributed by atoms with Crippen LogP contribution in [0.5, 0.6) is 0 Å². The highest BCUT2D eigenvalue weighted by Crippen LogP contribution is 2.31. The fraction of sp³-hybridized carbons (Fsp3) is 0.240. The Hall–Kier alpha value is -2.08. The van der Waals surface area contributed by atoms with Gasteiger partial charge in [-0.25, -0.2) is 0 Å². The van der Waals surface area contributed by atoms with Gasteiger partial charge in [0.25, 0.3) is 0 Å². The SMILES string of the molecule is CN(CC(=O)O)C(COCc1cc(Cl)cc(Cl)c1)C(c1ccccc1)c1ccccc1.Cl. The smallest absolute Gasteiger partial charge is 0.317 e. The van der Waals surface area contributed by atoms with Crippen molar-refractivity contribution in [1.82, 2.24) is 4.90 Å². The van der Waals surface area contributed by atoms with Crippen molar-refractivity contribution in [3.05, 3.63) is 106 Å². The molecule has 0 bridgehead atoms. The lowest BCUT2D eigenvalue weighted by Crippen LogP contribution is -2.43. The first-order chi connectivity index (χ1) is 14.9. The van der Waals surface area contributed by atoms with Gasteiger partial charge in [0.2, 0.25) is 0 Å². The molecule has 1 unspecified atom stereocenters. The molecule has 32 heavy (non-hydrogen) atoms. The molecule has 0 aromatic heterocycles. The molecule has 0 amide bonds. The van der Waals surface area contributed by atoms with Crippen molar-refractivity contribution in [2.45, 2.75) is 18.6 Å². The number of hydrogen-bond donors (Lipinski definition) is 1. The summed E-state index contributed by atoms with van der Waals surface area (Å²) in [5, 5.41) is 10.5. The number of aliphatic carboxylic acids is 1. The molecular formula is C25H26Cl3NO3. The highest BCUT2D eigenvalue weighted by Gasteiger charge is 2.29. The number of carbonyl (C=O) groups is 1. The summed E-state index contributed by atoms with van der Waals surface area (Å²) in [5.41, 5.74) is 3.07. The maximum Gasteiger partial charge on any atom is 0.317 e. The van der Waals surface area contributed by atoms with Gasteiger partial charge in [0.15, 0.2) is 0 Å². The Kier molecular flexibility index (Phi) is 10.5. The van der Waals surface area contributed by atoms with Crippen LogP contribution in [0.25, 0.3) is 0 Å². The summed E-state index contributed by atoms with van der Waals surface area (Å²) < 4.78 is 6.07. The van der Waals surface area contributed by atoms with Crippen molar-refractivity contribution in [2.24, 2.45) is 0 Å². The zero-order valence-electron chi connectivity index (χ0n) is 17.7. The van der Waals surface area contributed by atoms with E-state index < -0.39 is 5.97 Å². The van der Waals surface area contributed by atoms with Gasteiger partial charge in [0, 0.05) is 22.0 Å². The fourth-order valence-corrected chi connectivity index (χ4v) is 4.33. The van der Waals surface area contributed by atoms with E-state index in [-0.39, 0.29) is 30.9 Å². The van der Waals surface area contributed by atoms with Crippen LogP contribution in [-0.2, 0) is 16.1 Å². The third-order valence-electron chi connectivity index (χ3n) is 5.13. The van der Waals surface area contributed by atoms with E-state index in [0.717, 1.165) is 16.7 Å². The summed E-state index contributed by atoms with van der Waals surface area (Å²) in [6.45, 7) is 0.573. The van der Waals surface area contributed by atoms with Gasteiger partial charge < -0.3 is 9.84 Å². The molecule has 7 heteroatoms. The van der Waals surface area contributed by atoms with Gasteiger partial charge in [-0.2, -0.15) is 0 Å². The molecule has 0 saturated carbocycles. The number of carboxylic acid groups (broad SMARTS) is 1. The van der Waals surface area contributed by atoms with Gasteiger partial charge in [0.1, 0.15) is 0 Å². The Morgan fingerprint density at radius 3 is 1.91 bits per heavy atom. The predicted octanol–water partition coefficient (Wildman–Crippen LogP) is 6.15. The Morgan fingerprint density at radius 1 is 0.938 bits per heavy atom. The summed E-state index contributed by atoms with van der Waals surface area (Å²) in [4.78, 5) is 13.3. The van der Waals surface area contributed by atoms with Crippen LogP contribution in [0.4, 0.5) is 0 Å². The van der Waals surface area contributed by atoms with E-state index >= 15 is 0 Å². The van der Waals surface area contributed by atoms with Crippen LogP contribution >= 0.6 is 35.6 Å². The molecule has 0 aliphatic rings. The van der Waals surface area contributed by atoms with Crippen molar-refractivity contribution in [3.63, 3.8) is 0 Å². The first kappa shape index (κ1) is 26.2. The molecule has 0 heterocycles. The lowest BCUT2D eigenvalue weighted by Gasteiger charge is -2.34. The van der Waals surface area contributed by atoms with Gasteiger partial charge in [-0.3, -0.25) is 9.69 Å². The van der Waals surface area contributed by atoms with E-state index in [1.807, 2.05) is 60.5 Å². The van der Waals surface area contributed by atoms with Crippen LogP contribution in [0.15, 0.2) is 78.9 Å². The second-order valence-corrected chi connectivity index (χ2v) is 8.34. The average Bonchev–Trinajstić information content (AvgIpc) is 2.73. The Bertz CT molecular complexity index is 926. The lowest BCUT2D eigenvalue weighted by atomic mass is 9.84. The van der Waals surface area contributed by atoms with Crippen LogP contribution < -0.4 is 0 Å². The number of halogens is 3. The van der Waals surface area contributed by atoms with Gasteiger partial charge in [-0.05, 0) is 41.9 Å². The van der Waals surface area contributed by atoms with Crippen molar-refractivity contribution >= 4 is 41.6 Å². The molecule has 1 atom stereocenters. The number of benzene rings is 3. The molecule has 4 nitrogen and oxygen atoms in total. The fourth-order valence-electron chi connectivity index (χ4n) is 3.76. The van der Waals surface area contributed by atoms with E-state index in [4.69, 9.17) is 27.9 Å². The summed E-state index contributed by atoms with van der Waals surface area (Å²) in [7, 11) is 1.82. The molecule has 0 saturated heterocycles. The van der Waals surface area contributed by atoms with Crippen LogP contribution in [0.1, 0.15) is 22.6 Å². The minimum absolute atomic E-state index is 0. The summed E-state index contributed by atoms with van der Waals surface area (Å²) >= 11 is 12.2. The maximum atomic E-state index is 11.5. The Labute approximate surface area is 205 Å². The third-order valence-corrected chi connectivity index (χ3v) is 5.57. The van der Waals surface area contributed by atoms with Gasteiger partial charge in [-0.1, -0.05) is 83.9 Å². The van der Waals surface area contributed by atoms with Gasteiger partial charge >= 0.3 is 5.97 Å². The van der Waals surface area contributed by atoms with Crippen molar-refractivity contribution < 1.29 is 14.6 Å². The molecule has 0 spiro atoms. The monoisotopic (exact) mass is 493 g/mol. The minimum Gasteiger partial charge on any atom is -0.480 e. The number of carboxylic acids is 1. The molecule has 0 fully saturated rings. The Balaban J connectivity index is 0.00000363. The largest absolute Gasteiger partial charge is 0.480 e. The van der Waals surface area contributed by atoms with Crippen molar-refractivity contribution in [1.29, 1.82) is 0 Å². The molecule has 0 aliphatic carbocycles. The zero-order chi connectivity index (χ0) is 22.2. The molecular weight excluding hydrogens is 469 g/mol.